The van der Waals surface area contributed by atoms with Crippen LogP contribution in [0.25, 0.3) is 5.65 Å². The predicted octanol–water partition coefficient (Wildman–Crippen LogP) is 1.57. The zero-order valence-electron chi connectivity index (χ0n) is 14.2. The van der Waals surface area contributed by atoms with Crippen LogP contribution in [0.15, 0.2) is 6.07 Å². The Morgan fingerprint density at radius 3 is 2.70 bits per heavy atom. The van der Waals surface area contributed by atoms with Gasteiger partial charge in [-0.15, -0.1) is 0 Å². The molecule has 6 nitrogen and oxygen atoms in total. The van der Waals surface area contributed by atoms with Gasteiger partial charge in [0.2, 0.25) is 0 Å². The fraction of sp³-hybridized carbons (Fsp3) is 0.647. The highest BCUT2D eigenvalue weighted by Gasteiger charge is 2.30. The second-order valence-corrected chi connectivity index (χ2v) is 6.74. The van der Waals surface area contributed by atoms with E-state index in [4.69, 9.17) is 9.84 Å². The molecule has 1 atom stereocenters. The van der Waals surface area contributed by atoms with Crippen LogP contribution in [0.4, 0.5) is 5.82 Å². The lowest BCUT2D eigenvalue weighted by molar-refractivity contribution is 0.0209. The molecule has 0 amide bonds. The normalized spacial score (nSPS) is 23.1. The molecule has 4 heterocycles. The number of nitrogens with zero attached hydrogens (tertiary/aromatic N) is 5. The molecule has 2 aromatic rings. The van der Waals surface area contributed by atoms with Crippen LogP contribution < -0.4 is 4.90 Å². The van der Waals surface area contributed by atoms with Crippen molar-refractivity contribution in [2.45, 2.75) is 33.2 Å². The Morgan fingerprint density at radius 1 is 1.13 bits per heavy atom. The smallest absolute Gasteiger partial charge is 0.160 e. The van der Waals surface area contributed by atoms with Gasteiger partial charge in [-0.3, -0.25) is 4.90 Å². The van der Waals surface area contributed by atoms with Gasteiger partial charge in [-0.05, 0) is 27.2 Å². The first-order chi connectivity index (χ1) is 11.1. The summed E-state index contributed by atoms with van der Waals surface area (Å²) in [5, 5.41) is 4.71. The average molecular weight is 315 g/mol. The average Bonchev–Trinajstić information content (AvgIpc) is 3.15. The molecule has 0 aromatic carbocycles. The summed E-state index contributed by atoms with van der Waals surface area (Å²) in [5.74, 6) is 1.18. The number of anilines is 1. The minimum Gasteiger partial charge on any atom is -0.379 e. The van der Waals surface area contributed by atoms with Crippen LogP contribution in [0.5, 0.6) is 0 Å². The van der Waals surface area contributed by atoms with E-state index in [-0.39, 0.29) is 0 Å². The lowest BCUT2D eigenvalue weighted by atomic mass is 10.2. The lowest BCUT2D eigenvalue weighted by Crippen LogP contribution is -2.44. The molecule has 0 N–H and O–H groups in total. The zero-order valence-corrected chi connectivity index (χ0v) is 14.2. The van der Waals surface area contributed by atoms with Gasteiger partial charge in [0.25, 0.3) is 0 Å². The van der Waals surface area contributed by atoms with E-state index in [1.54, 1.807) is 0 Å². The van der Waals surface area contributed by atoms with Gasteiger partial charge in [0.15, 0.2) is 5.65 Å². The third-order valence-electron chi connectivity index (χ3n) is 5.22. The standard InChI is InChI=1S/C17H25N5O/c1-12-10-16(22-17(18-12)13(2)14(3)19-22)21-5-4-15(11-21)20-6-8-23-9-7-20/h10,15H,4-9,11H2,1-3H3. The number of hydrogen-bond acceptors (Lipinski definition) is 5. The summed E-state index contributed by atoms with van der Waals surface area (Å²) >= 11 is 0. The topological polar surface area (TPSA) is 45.9 Å². The first kappa shape index (κ1) is 14.9. The summed E-state index contributed by atoms with van der Waals surface area (Å²) in [4.78, 5) is 9.73. The van der Waals surface area contributed by atoms with E-state index < -0.39 is 0 Å². The van der Waals surface area contributed by atoms with Crippen molar-refractivity contribution in [2.75, 3.05) is 44.3 Å². The molecule has 2 saturated heterocycles. The number of hydrogen-bond donors (Lipinski definition) is 0. The number of ether oxygens (including phenoxy) is 1. The number of aromatic nitrogens is 3. The third kappa shape index (κ3) is 2.60. The monoisotopic (exact) mass is 315 g/mol. The summed E-state index contributed by atoms with van der Waals surface area (Å²) in [6, 6.07) is 2.79. The molecule has 2 aromatic heterocycles. The summed E-state index contributed by atoms with van der Waals surface area (Å²) in [6.45, 7) is 12.2. The van der Waals surface area contributed by atoms with Gasteiger partial charge in [0.05, 0.1) is 18.9 Å². The van der Waals surface area contributed by atoms with Gasteiger partial charge in [-0.2, -0.15) is 9.61 Å². The van der Waals surface area contributed by atoms with Crippen LogP contribution in [0.2, 0.25) is 0 Å². The Morgan fingerprint density at radius 2 is 1.91 bits per heavy atom. The van der Waals surface area contributed by atoms with Crippen molar-refractivity contribution in [1.29, 1.82) is 0 Å². The van der Waals surface area contributed by atoms with Crippen LogP contribution in [0, 0.1) is 20.8 Å². The second-order valence-electron chi connectivity index (χ2n) is 6.74. The van der Waals surface area contributed by atoms with Crippen molar-refractivity contribution in [1.82, 2.24) is 19.5 Å². The Hall–Kier alpha value is -1.66. The number of rotatable bonds is 2. The number of morpholine rings is 1. The number of fused-ring (bicyclic) bond motifs is 1. The largest absolute Gasteiger partial charge is 0.379 e. The second kappa shape index (κ2) is 5.76. The fourth-order valence-electron chi connectivity index (χ4n) is 3.75. The summed E-state index contributed by atoms with van der Waals surface area (Å²) in [7, 11) is 0. The Labute approximate surface area is 137 Å². The minimum atomic E-state index is 0.625. The van der Waals surface area contributed by atoms with E-state index in [0.717, 1.165) is 56.4 Å². The van der Waals surface area contributed by atoms with Crippen molar-refractivity contribution >= 4 is 11.5 Å². The molecular weight excluding hydrogens is 290 g/mol. The molecule has 0 bridgehead atoms. The molecule has 2 aliphatic rings. The maximum Gasteiger partial charge on any atom is 0.160 e. The first-order valence-corrected chi connectivity index (χ1v) is 8.54. The van der Waals surface area contributed by atoms with Crippen LogP contribution in [0.3, 0.4) is 0 Å². The highest BCUT2D eigenvalue weighted by molar-refractivity contribution is 5.57. The highest BCUT2D eigenvalue weighted by atomic mass is 16.5. The van der Waals surface area contributed by atoms with E-state index in [0.29, 0.717) is 6.04 Å². The van der Waals surface area contributed by atoms with Crippen LogP contribution in [-0.2, 0) is 4.74 Å². The van der Waals surface area contributed by atoms with E-state index in [2.05, 4.69) is 41.6 Å². The van der Waals surface area contributed by atoms with E-state index in [1.165, 1.54) is 17.8 Å². The SMILES string of the molecule is Cc1cc(N2CCC(N3CCOCC3)C2)n2nc(C)c(C)c2n1. The molecule has 0 saturated carbocycles. The van der Waals surface area contributed by atoms with Gasteiger partial charge in [-0.1, -0.05) is 0 Å². The van der Waals surface area contributed by atoms with Gasteiger partial charge >= 0.3 is 0 Å². The number of aryl methyl sites for hydroxylation is 3. The molecule has 0 aliphatic carbocycles. The quantitative estimate of drug-likeness (QED) is 0.842. The molecule has 0 spiro atoms. The van der Waals surface area contributed by atoms with Crippen molar-refractivity contribution < 1.29 is 4.74 Å². The zero-order chi connectivity index (χ0) is 16.0. The Kier molecular flexibility index (Phi) is 3.73. The first-order valence-electron chi connectivity index (χ1n) is 8.54. The van der Waals surface area contributed by atoms with Crippen molar-refractivity contribution in [3.8, 4) is 0 Å². The van der Waals surface area contributed by atoms with Gasteiger partial charge in [0.1, 0.15) is 5.82 Å². The Balaban J connectivity index is 1.63. The summed E-state index contributed by atoms with van der Waals surface area (Å²) in [6.07, 6.45) is 1.21. The van der Waals surface area contributed by atoms with E-state index in [1.807, 2.05) is 4.52 Å². The van der Waals surface area contributed by atoms with Crippen LogP contribution in [0.1, 0.15) is 23.4 Å². The summed E-state index contributed by atoms with van der Waals surface area (Å²) in [5.41, 5.74) is 4.30. The molecule has 1 unspecified atom stereocenters. The fourth-order valence-corrected chi connectivity index (χ4v) is 3.75. The molecular formula is C17H25N5O. The summed E-state index contributed by atoms with van der Waals surface area (Å²) < 4.78 is 7.51. The van der Waals surface area contributed by atoms with Gasteiger partial charge < -0.3 is 9.64 Å². The van der Waals surface area contributed by atoms with Gasteiger partial charge in [-0.25, -0.2) is 4.98 Å². The molecule has 2 aliphatic heterocycles. The third-order valence-corrected chi connectivity index (χ3v) is 5.22. The van der Waals surface area contributed by atoms with Crippen LogP contribution in [-0.4, -0.2) is 64.9 Å². The predicted molar refractivity (Wildman–Crippen MR) is 90.2 cm³/mol. The minimum absolute atomic E-state index is 0.625. The van der Waals surface area contributed by atoms with Crippen molar-refractivity contribution in [2.24, 2.45) is 0 Å². The lowest BCUT2D eigenvalue weighted by Gasteiger charge is -2.32. The maximum absolute atomic E-state index is 5.48. The molecule has 0 radical (unpaired) electrons. The van der Waals surface area contributed by atoms with E-state index >= 15 is 0 Å². The Bertz CT molecular complexity index is 719. The van der Waals surface area contributed by atoms with Crippen LogP contribution >= 0.6 is 0 Å². The molecule has 4 rings (SSSR count). The van der Waals surface area contributed by atoms with E-state index in [9.17, 15) is 0 Å². The molecule has 6 heteroatoms. The van der Waals surface area contributed by atoms with Crippen molar-refractivity contribution in [3.63, 3.8) is 0 Å². The van der Waals surface area contributed by atoms with Gasteiger partial charge in [0, 0.05) is 49.5 Å². The van der Waals surface area contributed by atoms with Crippen molar-refractivity contribution in [3.05, 3.63) is 23.0 Å². The maximum atomic E-state index is 5.48. The highest BCUT2D eigenvalue weighted by Crippen LogP contribution is 2.26. The molecule has 124 valence electrons. The molecule has 2 fully saturated rings. The molecule has 23 heavy (non-hydrogen) atoms.